The van der Waals surface area contributed by atoms with Gasteiger partial charge in [0.1, 0.15) is 0 Å². The number of aryl methyl sites for hydroxylation is 1. The van der Waals surface area contributed by atoms with Gasteiger partial charge >= 0.3 is 0 Å². The van der Waals surface area contributed by atoms with Crippen molar-refractivity contribution in [1.82, 2.24) is 9.78 Å². The molecule has 3 heteroatoms. The monoisotopic (exact) mass is 217 g/mol. The fourth-order valence-corrected chi connectivity index (χ4v) is 2.26. The van der Waals surface area contributed by atoms with E-state index in [1.807, 2.05) is 11.7 Å². The average Bonchev–Trinajstić information content (AvgIpc) is 2.51. The van der Waals surface area contributed by atoms with Crippen LogP contribution in [0.25, 0.3) is 10.9 Å². The maximum absolute atomic E-state index is 5.64. The number of nitrogens with two attached hydrogens (primary N) is 1. The van der Waals surface area contributed by atoms with Crippen LogP contribution in [-0.2, 0) is 19.0 Å². The minimum Gasteiger partial charge on any atom is -0.326 e. The summed E-state index contributed by atoms with van der Waals surface area (Å²) in [4.78, 5) is 0. The Kier molecular flexibility index (Phi) is 2.50. The fourth-order valence-electron chi connectivity index (χ4n) is 2.26. The van der Waals surface area contributed by atoms with Gasteiger partial charge in [-0.2, -0.15) is 5.10 Å². The van der Waals surface area contributed by atoms with E-state index in [0.29, 0.717) is 6.54 Å². The number of fused-ring (bicyclic) bond motifs is 1. The molecule has 0 saturated carbocycles. The first-order chi connectivity index (χ1) is 7.43. The molecule has 0 amide bonds. The van der Waals surface area contributed by atoms with Crippen molar-refractivity contribution in [3.05, 3.63) is 29.5 Å². The summed E-state index contributed by atoms with van der Waals surface area (Å²) < 4.78 is 1.98. The topological polar surface area (TPSA) is 43.8 Å². The van der Waals surface area contributed by atoms with Crippen LogP contribution in [0.5, 0.6) is 0 Å². The second kappa shape index (κ2) is 3.59. The van der Waals surface area contributed by atoms with Gasteiger partial charge in [-0.15, -0.1) is 0 Å². The van der Waals surface area contributed by atoms with Crippen molar-refractivity contribution < 1.29 is 0 Å². The van der Waals surface area contributed by atoms with Crippen molar-refractivity contribution in [2.24, 2.45) is 12.8 Å². The molecule has 0 fully saturated rings. The third-order valence-electron chi connectivity index (χ3n) is 2.84. The molecule has 0 bridgehead atoms. The van der Waals surface area contributed by atoms with E-state index in [0.717, 1.165) is 11.1 Å². The molecule has 1 aromatic carbocycles. The zero-order valence-corrected chi connectivity index (χ0v) is 10.4. The third-order valence-corrected chi connectivity index (χ3v) is 2.84. The summed E-state index contributed by atoms with van der Waals surface area (Å²) in [6.45, 7) is 7.19. The first kappa shape index (κ1) is 11.1. The van der Waals surface area contributed by atoms with Crippen LogP contribution in [0.4, 0.5) is 0 Å². The minimum atomic E-state index is 0.105. The molecule has 0 saturated heterocycles. The Morgan fingerprint density at radius 1 is 1.31 bits per heavy atom. The number of hydrogen-bond acceptors (Lipinski definition) is 2. The van der Waals surface area contributed by atoms with Gasteiger partial charge in [-0.1, -0.05) is 32.9 Å². The molecular formula is C13H19N3. The predicted octanol–water partition coefficient (Wildman–Crippen LogP) is 2.33. The Hall–Kier alpha value is -1.35. The molecule has 0 aliphatic heterocycles. The molecule has 3 nitrogen and oxygen atoms in total. The van der Waals surface area contributed by atoms with Gasteiger partial charge in [-0.25, -0.2) is 0 Å². The van der Waals surface area contributed by atoms with Gasteiger partial charge < -0.3 is 5.73 Å². The number of hydrogen-bond donors (Lipinski definition) is 1. The summed E-state index contributed by atoms with van der Waals surface area (Å²) in [5.41, 5.74) is 9.18. The summed E-state index contributed by atoms with van der Waals surface area (Å²) in [6, 6.07) is 6.29. The summed E-state index contributed by atoms with van der Waals surface area (Å²) >= 11 is 0. The van der Waals surface area contributed by atoms with Gasteiger partial charge in [-0.3, -0.25) is 4.68 Å². The van der Waals surface area contributed by atoms with Crippen LogP contribution in [0.15, 0.2) is 18.2 Å². The second-order valence-electron chi connectivity index (χ2n) is 5.28. The number of nitrogens with zero attached hydrogens (tertiary/aromatic N) is 2. The van der Waals surface area contributed by atoms with Crippen molar-refractivity contribution in [3.63, 3.8) is 0 Å². The zero-order valence-electron chi connectivity index (χ0n) is 10.4. The van der Waals surface area contributed by atoms with Gasteiger partial charge in [0.05, 0.1) is 11.2 Å². The van der Waals surface area contributed by atoms with E-state index >= 15 is 0 Å². The van der Waals surface area contributed by atoms with Gasteiger partial charge in [0.25, 0.3) is 0 Å². The molecule has 2 rings (SSSR count). The lowest BCUT2D eigenvalue weighted by atomic mass is 9.89. The fraction of sp³-hybridized carbons (Fsp3) is 0.462. The highest BCUT2D eigenvalue weighted by atomic mass is 15.3. The molecule has 1 heterocycles. The van der Waals surface area contributed by atoms with Crippen molar-refractivity contribution >= 4 is 10.9 Å². The van der Waals surface area contributed by atoms with E-state index in [2.05, 4.69) is 44.1 Å². The van der Waals surface area contributed by atoms with Crippen LogP contribution in [0.3, 0.4) is 0 Å². The summed E-state index contributed by atoms with van der Waals surface area (Å²) in [5.74, 6) is 0. The first-order valence-electron chi connectivity index (χ1n) is 5.59. The van der Waals surface area contributed by atoms with Crippen LogP contribution >= 0.6 is 0 Å². The van der Waals surface area contributed by atoms with E-state index in [9.17, 15) is 0 Å². The van der Waals surface area contributed by atoms with Gasteiger partial charge in [0, 0.05) is 24.4 Å². The van der Waals surface area contributed by atoms with Crippen molar-refractivity contribution in [2.75, 3.05) is 0 Å². The van der Waals surface area contributed by atoms with Crippen LogP contribution < -0.4 is 5.73 Å². The maximum Gasteiger partial charge on any atom is 0.0929 e. The summed E-state index contributed by atoms with van der Waals surface area (Å²) in [5, 5.41) is 5.78. The normalized spacial score (nSPS) is 12.3. The Labute approximate surface area is 96.2 Å². The van der Waals surface area contributed by atoms with Gasteiger partial charge in [0.15, 0.2) is 0 Å². The number of aromatic nitrogens is 2. The summed E-state index contributed by atoms with van der Waals surface area (Å²) in [7, 11) is 2.00. The zero-order chi connectivity index (χ0) is 11.9. The van der Waals surface area contributed by atoms with E-state index in [1.165, 1.54) is 11.1 Å². The van der Waals surface area contributed by atoms with Crippen LogP contribution in [-0.4, -0.2) is 9.78 Å². The molecule has 2 N–H and O–H groups in total. The standard InChI is InChI=1S/C13H19N3/c1-13(2,3)12-10-6-5-9(8-14)7-11(10)15-16(12)4/h5-7H,8,14H2,1-4H3. The van der Waals surface area contributed by atoms with Crippen LogP contribution in [0.2, 0.25) is 0 Å². The average molecular weight is 217 g/mol. The number of rotatable bonds is 1. The molecule has 86 valence electrons. The second-order valence-corrected chi connectivity index (χ2v) is 5.28. The lowest BCUT2D eigenvalue weighted by Crippen LogP contribution is -2.16. The van der Waals surface area contributed by atoms with Crippen molar-refractivity contribution in [3.8, 4) is 0 Å². The van der Waals surface area contributed by atoms with Crippen molar-refractivity contribution in [2.45, 2.75) is 32.7 Å². The molecule has 0 aliphatic carbocycles. The van der Waals surface area contributed by atoms with Gasteiger partial charge in [0.2, 0.25) is 0 Å². The minimum absolute atomic E-state index is 0.105. The maximum atomic E-state index is 5.64. The molecule has 1 aromatic heterocycles. The molecule has 0 spiro atoms. The smallest absolute Gasteiger partial charge is 0.0929 e. The Morgan fingerprint density at radius 3 is 2.56 bits per heavy atom. The quantitative estimate of drug-likeness (QED) is 0.796. The van der Waals surface area contributed by atoms with E-state index in [4.69, 9.17) is 5.73 Å². The first-order valence-corrected chi connectivity index (χ1v) is 5.59. The lowest BCUT2D eigenvalue weighted by molar-refractivity contribution is 0.528. The highest BCUT2D eigenvalue weighted by molar-refractivity contribution is 5.83. The van der Waals surface area contributed by atoms with E-state index in [1.54, 1.807) is 0 Å². The number of benzene rings is 1. The third kappa shape index (κ3) is 1.71. The molecule has 0 aliphatic rings. The highest BCUT2D eigenvalue weighted by Crippen LogP contribution is 2.29. The SMILES string of the molecule is Cn1nc2cc(CN)ccc2c1C(C)(C)C. The molecule has 2 aromatic rings. The van der Waals surface area contributed by atoms with Crippen molar-refractivity contribution in [1.29, 1.82) is 0 Å². The Balaban J connectivity index is 2.72. The molecule has 0 unspecified atom stereocenters. The van der Waals surface area contributed by atoms with Crippen LogP contribution in [0, 0.1) is 0 Å². The van der Waals surface area contributed by atoms with Gasteiger partial charge in [-0.05, 0) is 11.6 Å². The van der Waals surface area contributed by atoms with Crippen LogP contribution in [0.1, 0.15) is 32.0 Å². The predicted molar refractivity (Wildman–Crippen MR) is 67.3 cm³/mol. The Morgan fingerprint density at radius 2 is 2.00 bits per heavy atom. The van der Waals surface area contributed by atoms with E-state index < -0.39 is 0 Å². The molecule has 0 radical (unpaired) electrons. The Bertz CT molecular complexity index is 518. The molecule has 0 atom stereocenters. The lowest BCUT2D eigenvalue weighted by Gasteiger charge is -2.19. The highest BCUT2D eigenvalue weighted by Gasteiger charge is 2.21. The molecular weight excluding hydrogens is 198 g/mol. The summed E-state index contributed by atoms with van der Waals surface area (Å²) in [6.07, 6.45) is 0. The van der Waals surface area contributed by atoms with E-state index in [-0.39, 0.29) is 5.41 Å². The molecule has 16 heavy (non-hydrogen) atoms. The largest absolute Gasteiger partial charge is 0.326 e.